The Kier molecular flexibility index (Phi) is 6.09. The maximum Gasteiger partial charge on any atom is 0.534 e. The smallest absolute Gasteiger partial charge is 0.491 e. The molecule has 4 aromatic rings. The highest BCUT2D eigenvalue weighted by Crippen LogP contribution is 2.34. The first-order chi connectivity index (χ1) is 16.1. The Balaban J connectivity index is 1.74. The number of aryl methyl sites for hydroxylation is 1. The highest BCUT2D eigenvalue weighted by atomic mass is 32.2. The number of fused-ring (bicyclic) bond motifs is 1. The van der Waals surface area contributed by atoms with Gasteiger partial charge < -0.3 is 14.2 Å². The maximum atomic E-state index is 12.8. The molecule has 8 nitrogen and oxygen atoms in total. The monoisotopic (exact) mass is 492 g/mol. The summed E-state index contributed by atoms with van der Waals surface area (Å²) in [6, 6.07) is 15.3. The number of alkyl halides is 3. The zero-order valence-electron chi connectivity index (χ0n) is 18.0. The van der Waals surface area contributed by atoms with Crippen molar-refractivity contribution in [2.75, 3.05) is 12.4 Å². The van der Waals surface area contributed by atoms with Crippen molar-refractivity contribution in [1.82, 2.24) is 14.5 Å². The number of nitrogens with zero attached hydrogens (tertiary/aromatic N) is 3. The molecule has 0 bridgehead atoms. The van der Waals surface area contributed by atoms with Gasteiger partial charge in [0.15, 0.2) is 17.3 Å². The van der Waals surface area contributed by atoms with Gasteiger partial charge in [-0.2, -0.15) is 26.6 Å². The minimum atomic E-state index is -5.83. The van der Waals surface area contributed by atoms with E-state index < -0.39 is 21.4 Å². The zero-order chi connectivity index (χ0) is 24.5. The van der Waals surface area contributed by atoms with E-state index in [-0.39, 0.29) is 11.3 Å². The second-order valence-corrected chi connectivity index (χ2v) is 8.76. The van der Waals surface area contributed by atoms with E-state index in [1.54, 1.807) is 17.6 Å². The molecule has 2 heterocycles. The van der Waals surface area contributed by atoms with E-state index in [4.69, 9.17) is 4.74 Å². The summed E-state index contributed by atoms with van der Waals surface area (Å²) >= 11 is 0. The average Bonchev–Trinajstić information content (AvgIpc) is 3.14. The fraction of sp³-hybridized carbons (Fsp3) is 0.182. The topological polar surface area (TPSA) is 95.3 Å². The van der Waals surface area contributed by atoms with E-state index in [1.165, 1.54) is 25.4 Å². The summed E-state index contributed by atoms with van der Waals surface area (Å²) in [7, 11) is -4.35. The molecule has 0 saturated carbocycles. The Morgan fingerprint density at radius 3 is 2.47 bits per heavy atom. The lowest BCUT2D eigenvalue weighted by Crippen LogP contribution is -2.28. The fourth-order valence-corrected chi connectivity index (χ4v) is 3.84. The molecule has 178 valence electrons. The van der Waals surface area contributed by atoms with Crippen molar-refractivity contribution >= 4 is 26.8 Å². The van der Waals surface area contributed by atoms with Crippen LogP contribution in [0.3, 0.4) is 0 Å². The third kappa shape index (κ3) is 4.49. The van der Waals surface area contributed by atoms with Crippen LogP contribution in [0, 0.1) is 6.92 Å². The first kappa shape index (κ1) is 23.4. The van der Waals surface area contributed by atoms with E-state index in [0.717, 1.165) is 11.6 Å². The number of hydrogen-bond acceptors (Lipinski definition) is 7. The van der Waals surface area contributed by atoms with Gasteiger partial charge in [-0.3, -0.25) is 4.57 Å². The van der Waals surface area contributed by atoms with Crippen molar-refractivity contribution in [3.05, 3.63) is 72.1 Å². The summed E-state index contributed by atoms with van der Waals surface area (Å²) in [5, 5.41) is 3.35. The number of anilines is 1. The molecule has 0 atom stereocenters. The molecule has 0 aliphatic carbocycles. The number of aromatic nitrogens is 3. The molecule has 1 N–H and O–H groups in total. The summed E-state index contributed by atoms with van der Waals surface area (Å²) in [4.78, 5) is 8.84. The number of benzene rings is 2. The van der Waals surface area contributed by atoms with Crippen molar-refractivity contribution < 1.29 is 30.5 Å². The van der Waals surface area contributed by atoms with E-state index >= 15 is 0 Å². The van der Waals surface area contributed by atoms with Crippen LogP contribution in [0.15, 0.2) is 60.8 Å². The van der Waals surface area contributed by atoms with Crippen molar-refractivity contribution in [3.8, 4) is 17.4 Å². The molecular formula is C22H19F3N4O4S. The SMILES string of the molecule is COc1cnc(-n2c(C)cc3c(OS(=O)(=O)C(F)(F)F)cccc32)nc1NCc1ccccc1. The molecule has 2 aromatic heterocycles. The van der Waals surface area contributed by atoms with Crippen LogP contribution in [0.2, 0.25) is 0 Å². The highest BCUT2D eigenvalue weighted by Gasteiger charge is 2.48. The minimum absolute atomic E-state index is 0.158. The van der Waals surface area contributed by atoms with Crippen LogP contribution >= 0.6 is 0 Å². The fourth-order valence-electron chi connectivity index (χ4n) is 3.37. The first-order valence-electron chi connectivity index (χ1n) is 9.92. The number of hydrogen-bond donors (Lipinski definition) is 1. The molecule has 0 spiro atoms. The molecule has 34 heavy (non-hydrogen) atoms. The molecule has 12 heteroatoms. The Labute approximate surface area is 193 Å². The largest absolute Gasteiger partial charge is 0.534 e. The highest BCUT2D eigenvalue weighted by molar-refractivity contribution is 7.88. The van der Waals surface area contributed by atoms with E-state index in [2.05, 4.69) is 19.5 Å². The van der Waals surface area contributed by atoms with Crippen molar-refractivity contribution in [2.24, 2.45) is 0 Å². The quantitative estimate of drug-likeness (QED) is 0.298. The molecule has 0 unspecified atom stereocenters. The van der Waals surface area contributed by atoms with Gasteiger partial charge >= 0.3 is 15.6 Å². The summed E-state index contributed by atoms with van der Waals surface area (Å²) < 4.78 is 72.8. The predicted molar refractivity (Wildman–Crippen MR) is 120 cm³/mol. The molecule has 4 rings (SSSR count). The van der Waals surface area contributed by atoms with Crippen LogP contribution in [0.25, 0.3) is 16.9 Å². The molecule has 0 aliphatic heterocycles. The lowest BCUT2D eigenvalue weighted by atomic mass is 10.2. The molecule has 0 amide bonds. The normalized spacial score (nSPS) is 12.0. The number of rotatable bonds is 7. The van der Waals surface area contributed by atoms with Crippen molar-refractivity contribution in [3.63, 3.8) is 0 Å². The van der Waals surface area contributed by atoms with Crippen LogP contribution in [0.1, 0.15) is 11.3 Å². The Morgan fingerprint density at radius 2 is 1.79 bits per heavy atom. The van der Waals surface area contributed by atoms with Crippen LogP contribution < -0.4 is 14.2 Å². The van der Waals surface area contributed by atoms with Crippen LogP contribution in [-0.4, -0.2) is 35.6 Å². The lowest BCUT2D eigenvalue weighted by Gasteiger charge is -2.13. The van der Waals surface area contributed by atoms with Gasteiger partial charge in [0.25, 0.3) is 0 Å². The summed E-state index contributed by atoms with van der Waals surface area (Å²) in [5.41, 5.74) is -3.62. The van der Waals surface area contributed by atoms with Crippen molar-refractivity contribution in [2.45, 2.75) is 19.0 Å². The van der Waals surface area contributed by atoms with Gasteiger partial charge in [-0.25, -0.2) is 4.98 Å². The third-order valence-corrected chi connectivity index (χ3v) is 5.90. The third-order valence-electron chi connectivity index (χ3n) is 4.94. The minimum Gasteiger partial charge on any atom is -0.491 e. The molecule has 0 aliphatic rings. The van der Waals surface area contributed by atoms with Crippen LogP contribution in [-0.2, 0) is 16.7 Å². The van der Waals surface area contributed by atoms with Gasteiger partial charge in [0.2, 0.25) is 5.95 Å². The predicted octanol–water partition coefficient (Wildman–Crippen LogP) is 4.58. The Morgan fingerprint density at radius 1 is 1.06 bits per heavy atom. The molecule has 0 radical (unpaired) electrons. The zero-order valence-corrected chi connectivity index (χ0v) is 18.8. The number of ether oxygens (including phenoxy) is 1. The summed E-state index contributed by atoms with van der Waals surface area (Å²) in [6.45, 7) is 2.15. The van der Waals surface area contributed by atoms with E-state index in [0.29, 0.717) is 29.3 Å². The average molecular weight is 492 g/mol. The summed E-state index contributed by atoms with van der Waals surface area (Å²) in [5.74, 6) is 0.561. The van der Waals surface area contributed by atoms with Gasteiger partial charge in [0.05, 0.1) is 18.8 Å². The number of halogens is 3. The van der Waals surface area contributed by atoms with Crippen molar-refractivity contribution in [1.29, 1.82) is 0 Å². The van der Waals surface area contributed by atoms with Gasteiger partial charge in [0.1, 0.15) is 0 Å². The van der Waals surface area contributed by atoms with Gasteiger partial charge in [0, 0.05) is 17.6 Å². The lowest BCUT2D eigenvalue weighted by molar-refractivity contribution is -0.0499. The van der Waals surface area contributed by atoms with Gasteiger partial charge in [-0.15, -0.1) is 0 Å². The van der Waals surface area contributed by atoms with Crippen LogP contribution in [0.5, 0.6) is 11.5 Å². The number of methoxy groups -OCH3 is 1. The molecular weight excluding hydrogens is 473 g/mol. The molecule has 2 aromatic carbocycles. The number of nitrogens with one attached hydrogen (secondary N) is 1. The van der Waals surface area contributed by atoms with E-state index in [1.807, 2.05) is 30.3 Å². The first-order valence-corrected chi connectivity index (χ1v) is 11.3. The summed E-state index contributed by atoms with van der Waals surface area (Å²) in [6.07, 6.45) is 1.47. The molecule has 0 fully saturated rings. The molecule has 0 saturated heterocycles. The second kappa shape index (κ2) is 8.86. The Hall–Kier alpha value is -3.80. The second-order valence-electron chi connectivity index (χ2n) is 7.22. The van der Waals surface area contributed by atoms with Gasteiger partial charge in [-0.05, 0) is 30.7 Å². The van der Waals surface area contributed by atoms with E-state index in [9.17, 15) is 21.6 Å². The maximum absolute atomic E-state index is 12.8. The Bertz CT molecular complexity index is 1440. The van der Waals surface area contributed by atoms with Crippen LogP contribution in [0.4, 0.5) is 19.0 Å². The van der Waals surface area contributed by atoms with Gasteiger partial charge in [-0.1, -0.05) is 36.4 Å². The standard InChI is InChI=1S/C22H19F3N4O4S/c1-14-11-16-17(9-6-10-18(16)33-34(30,31)22(23,24)25)29(14)21-27-13-19(32-2)20(28-21)26-12-15-7-4-3-5-8-15/h3-11,13H,12H2,1-2H3,(H,26,27,28).